The van der Waals surface area contributed by atoms with E-state index in [0.29, 0.717) is 6.42 Å². The average molecular weight is 780 g/mol. The molecular weight excluding hydrogens is 701 g/mol. The van der Waals surface area contributed by atoms with Crippen molar-refractivity contribution in [3.8, 4) is 0 Å². The summed E-state index contributed by atoms with van der Waals surface area (Å²) in [5.41, 5.74) is 0. The second kappa shape index (κ2) is 40.4. The molecule has 54 heavy (non-hydrogen) atoms. The number of rotatable bonds is 39. The number of carbonyl (C=O) groups excluding carboxylic acids is 2. The molecule has 3 N–H and O–H groups in total. The van der Waals surface area contributed by atoms with Crippen LogP contribution >= 0.6 is 7.82 Å². The molecule has 0 heterocycles. The highest BCUT2D eigenvalue weighted by Gasteiger charge is 2.23. The molecule has 0 bridgehead atoms. The van der Waals surface area contributed by atoms with Crippen molar-refractivity contribution in [2.75, 3.05) is 26.4 Å². The van der Waals surface area contributed by atoms with Crippen molar-refractivity contribution in [1.82, 2.24) is 5.32 Å². The van der Waals surface area contributed by atoms with Gasteiger partial charge in [0.15, 0.2) is 0 Å². The van der Waals surface area contributed by atoms with Gasteiger partial charge in [0.1, 0.15) is 12.7 Å². The number of allylic oxidation sites excluding steroid dienone is 10. The van der Waals surface area contributed by atoms with E-state index in [-0.39, 0.29) is 32.1 Å². The first-order valence-electron chi connectivity index (χ1n) is 21.3. The summed E-state index contributed by atoms with van der Waals surface area (Å²) < 4.78 is 26.8. The maximum Gasteiger partial charge on any atom is 0.472 e. The molecule has 0 aliphatic rings. The van der Waals surface area contributed by atoms with E-state index in [1.807, 2.05) is 0 Å². The molecule has 2 unspecified atom stereocenters. The van der Waals surface area contributed by atoms with E-state index in [9.17, 15) is 24.2 Å². The minimum Gasteiger partial charge on any atom is -0.463 e. The molecule has 0 aromatic rings. The molecule has 0 saturated heterocycles. The van der Waals surface area contributed by atoms with Crippen molar-refractivity contribution in [3.05, 3.63) is 60.8 Å². The molecule has 0 fully saturated rings. The smallest absolute Gasteiger partial charge is 0.463 e. The zero-order valence-electron chi connectivity index (χ0n) is 34.1. The first-order valence-corrected chi connectivity index (χ1v) is 22.8. The van der Waals surface area contributed by atoms with E-state index >= 15 is 0 Å². The maximum absolute atomic E-state index is 12.1. The average Bonchev–Trinajstić information content (AvgIpc) is 3.16. The van der Waals surface area contributed by atoms with E-state index in [1.54, 1.807) is 0 Å². The summed E-state index contributed by atoms with van der Waals surface area (Å²) in [7, 11) is -4.42. The third-order valence-electron chi connectivity index (χ3n) is 8.67. The number of carbonyl (C=O) groups is 2. The van der Waals surface area contributed by atoms with Crippen LogP contribution in [0.5, 0.6) is 0 Å². The van der Waals surface area contributed by atoms with Crippen LogP contribution in [0.15, 0.2) is 60.8 Å². The lowest BCUT2D eigenvalue weighted by Gasteiger charge is -2.15. The van der Waals surface area contributed by atoms with Crippen molar-refractivity contribution in [2.45, 2.75) is 180 Å². The Morgan fingerprint density at radius 1 is 0.574 bits per heavy atom. The maximum atomic E-state index is 12.1. The predicted octanol–water partition coefficient (Wildman–Crippen LogP) is 11.7. The SMILES string of the molecule is CCCC/C=C\C/C=C\CCCCCCCC(=O)OCC(O)COP(=O)(O)OCCNC(=O)CCCCCCCC/C=C\C/C=C\C/C=C\CCCCC. The summed E-state index contributed by atoms with van der Waals surface area (Å²) in [4.78, 5) is 33.9. The summed E-state index contributed by atoms with van der Waals surface area (Å²) in [6.45, 7) is 3.44. The molecule has 0 aromatic heterocycles. The fourth-order valence-corrected chi connectivity index (χ4v) is 6.16. The quantitative estimate of drug-likeness (QED) is 0.0243. The molecule has 0 aromatic carbocycles. The topological polar surface area (TPSA) is 131 Å². The second-order valence-corrected chi connectivity index (χ2v) is 15.4. The van der Waals surface area contributed by atoms with E-state index in [0.717, 1.165) is 96.3 Å². The molecule has 0 aliphatic heterocycles. The number of nitrogens with one attached hydrogen (secondary N) is 1. The van der Waals surface area contributed by atoms with Gasteiger partial charge in [-0.3, -0.25) is 18.6 Å². The number of hydrogen-bond donors (Lipinski definition) is 3. The molecule has 2 atom stereocenters. The van der Waals surface area contributed by atoms with E-state index < -0.39 is 26.5 Å². The van der Waals surface area contributed by atoms with Crippen LogP contribution in [0.25, 0.3) is 0 Å². The number of aliphatic hydroxyl groups excluding tert-OH is 1. The summed E-state index contributed by atoms with van der Waals surface area (Å²) in [6, 6.07) is 0. The fraction of sp³-hybridized carbons (Fsp3) is 0.727. The van der Waals surface area contributed by atoms with Gasteiger partial charge in [0.25, 0.3) is 0 Å². The number of hydrogen-bond acceptors (Lipinski definition) is 7. The van der Waals surface area contributed by atoms with Gasteiger partial charge in [-0.05, 0) is 77.0 Å². The van der Waals surface area contributed by atoms with E-state index in [1.165, 1.54) is 51.4 Å². The van der Waals surface area contributed by atoms with E-state index in [2.05, 4.69) is 79.9 Å². The van der Waals surface area contributed by atoms with Gasteiger partial charge in [-0.2, -0.15) is 0 Å². The largest absolute Gasteiger partial charge is 0.472 e. The Balaban J connectivity index is 3.65. The Bertz CT molecular complexity index is 1070. The lowest BCUT2D eigenvalue weighted by atomic mass is 10.1. The first kappa shape index (κ1) is 51.7. The van der Waals surface area contributed by atoms with Crippen LogP contribution in [0, 0.1) is 0 Å². The fourth-order valence-electron chi connectivity index (χ4n) is 5.40. The van der Waals surface area contributed by atoms with Crippen LogP contribution in [-0.2, 0) is 27.9 Å². The van der Waals surface area contributed by atoms with Crippen LogP contribution in [0.1, 0.15) is 174 Å². The number of phosphoric acid groups is 1. The van der Waals surface area contributed by atoms with Gasteiger partial charge in [0.05, 0.1) is 13.2 Å². The lowest BCUT2D eigenvalue weighted by molar-refractivity contribution is -0.147. The Morgan fingerprint density at radius 2 is 1.02 bits per heavy atom. The number of ether oxygens (including phenoxy) is 1. The van der Waals surface area contributed by atoms with Gasteiger partial charge in [0.2, 0.25) is 5.91 Å². The van der Waals surface area contributed by atoms with Crippen molar-refractivity contribution in [2.24, 2.45) is 0 Å². The Kier molecular flexibility index (Phi) is 38.7. The van der Waals surface area contributed by atoms with Crippen LogP contribution in [0.4, 0.5) is 0 Å². The molecule has 0 aliphatic carbocycles. The predicted molar refractivity (Wildman–Crippen MR) is 224 cm³/mol. The minimum atomic E-state index is -4.42. The molecule has 0 rings (SSSR count). The molecule has 0 spiro atoms. The highest BCUT2D eigenvalue weighted by atomic mass is 31.2. The second-order valence-electron chi connectivity index (χ2n) is 14.0. The third-order valence-corrected chi connectivity index (χ3v) is 9.65. The molecule has 0 radical (unpaired) electrons. The zero-order valence-corrected chi connectivity index (χ0v) is 35.0. The zero-order chi connectivity index (χ0) is 39.6. The summed E-state index contributed by atoms with van der Waals surface area (Å²) in [5.74, 6) is -0.547. The lowest BCUT2D eigenvalue weighted by Crippen LogP contribution is -2.27. The third kappa shape index (κ3) is 40.9. The van der Waals surface area contributed by atoms with Gasteiger partial charge in [-0.25, -0.2) is 4.57 Å². The van der Waals surface area contributed by atoms with Crippen molar-refractivity contribution in [3.63, 3.8) is 0 Å². The molecule has 9 nitrogen and oxygen atoms in total. The Hall–Kier alpha value is -2.29. The van der Waals surface area contributed by atoms with Crippen molar-refractivity contribution >= 4 is 19.7 Å². The van der Waals surface area contributed by atoms with Crippen LogP contribution in [0.3, 0.4) is 0 Å². The number of unbranched alkanes of at least 4 members (excludes halogenated alkanes) is 16. The van der Waals surface area contributed by atoms with Gasteiger partial charge >= 0.3 is 13.8 Å². The van der Waals surface area contributed by atoms with Crippen LogP contribution in [-0.4, -0.2) is 54.3 Å². The van der Waals surface area contributed by atoms with Crippen molar-refractivity contribution < 1.29 is 37.9 Å². The van der Waals surface area contributed by atoms with Crippen LogP contribution in [0.2, 0.25) is 0 Å². The normalized spacial score (nSPS) is 13.9. The Morgan fingerprint density at radius 3 is 1.56 bits per heavy atom. The summed E-state index contributed by atoms with van der Waals surface area (Å²) >= 11 is 0. The van der Waals surface area contributed by atoms with Crippen molar-refractivity contribution in [1.29, 1.82) is 0 Å². The molecule has 312 valence electrons. The molecule has 0 saturated carbocycles. The number of phosphoric ester groups is 1. The first-order chi connectivity index (χ1) is 26.3. The summed E-state index contributed by atoms with van der Waals surface area (Å²) in [6.07, 6.45) is 47.1. The Labute approximate surface area is 329 Å². The highest BCUT2D eigenvalue weighted by molar-refractivity contribution is 7.47. The van der Waals surface area contributed by atoms with E-state index in [4.69, 9.17) is 13.8 Å². The number of amides is 1. The number of esters is 1. The monoisotopic (exact) mass is 780 g/mol. The van der Waals surface area contributed by atoms with Gasteiger partial charge < -0.3 is 20.1 Å². The van der Waals surface area contributed by atoms with Crippen LogP contribution < -0.4 is 5.32 Å². The molecule has 10 heteroatoms. The molecule has 1 amide bonds. The number of aliphatic hydroxyl groups is 1. The minimum absolute atomic E-state index is 0.0700. The van der Waals surface area contributed by atoms with Gasteiger partial charge in [-0.1, -0.05) is 145 Å². The molecular formula is C44H78NO8P. The van der Waals surface area contributed by atoms with Gasteiger partial charge in [0, 0.05) is 19.4 Å². The highest BCUT2D eigenvalue weighted by Crippen LogP contribution is 2.42. The standard InChI is InChI=1S/C44H78NO8P/c1-3-5-7-9-11-13-15-17-19-20-21-22-23-24-26-28-30-32-34-36-43(47)45-38-39-52-54(49,50)53-41-42(46)40-51-44(48)37-35-33-31-29-27-25-18-16-14-12-10-8-6-4-2/h10-13,16-19,21-22,42,46H,3-9,14-15,20,23-41H2,1-2H3,(H,45,47)(H,49,50)/b12-10-,13-11-,18-16-,19-17-,22-21-. The summed E-state index contributed by atoms with van der Waals surface area (Å²) in [5, 5.41) is 12.7. The van der Waals surface area contributed by atoms with Gasteiger partial charge in [-0.15, -0.1) is 0 Å².